The molecule has 0 radical (unpaired) electrons. The molecular weight excluding hydrogens is 326 g/mol. The van der Waals surface area contributed by atoms with Crippen LogP contribution in [0.1, 0.15) is 37.8 Å². The molecule has 0 aliphatic rings. The molecule has 0 saturated carbocycles. The maximum Gasteiger partial charge on any atom is 0.243 e. The lowest BCUT2D eigenvalue weighted by molar-refractivity contribution is -0.116. The van der Waals surface area contributed by atoms with Gasteiger partial charge in [0.1, 0.15) is 0 Å². The van der Waals surface area contributed by atoms with Crippen molar-refractivity contribution in [2.24, 2.45) is 0 Å². The normalized spacial score (nSPS) is 10.3. The Morgan fingerprint density at radius 2 is 1.65 bits per heavy atom. The van der Waals surface area contributed by atoms with Gasteiger partial charge >= 0.3 is 0 Å². The second-order valence-corrected chi connectivity index (χ2v) is 6.24. The predicted molar refractivity (Wildman–Crippen MR) is 108 cm³/mol. The van der Waals surface area contributed by atoms with Gasteiger partial charge in [-0.3, -0.25) is 9.59 Å². The molecule has 0 aromatic heterocycles. The van der Waals surface area contributed by atoms with Crippen molar-refractivity contribution in [1.82, 2.24) is 0 Å². The summed E-state index contributed by atoms with van der Waals surface area (Å²) in [4.78, 5) is 24.0. The number of hydrogen-bond acceptors (Lipinski definition) is 3. The van der Waals surface area contributed by atoms with Crippen LogP contribution < -0.4 is 16.0 Å². The number of hydrogen-bond donors (Lipinski definition) is 3. The maximum atomic E-state index is 12.3. The van der Waals surface area contributed by atoms with E-state index in [0.29, 0.717) is 6.42 Å². The number of carbonyl (C=O) groups excluding carboxylic acids is 2. The summed E-state index contributed by atoms with van der Waals surface area (Å²) in [7, 11) is 0. The number of para-hydroxylation sites is 1. The van der Waals surface area contributed by atoms with Crippen molar-refractivity contribution in [2.45, 2.75) is 40.0 Å². The van der Waals surface area contributed by atoms with Gasteiger partial charge in [-0.1, -0.05) is 38.1 Å². The van der Waals surface area contributed by atoms with Crippen LogP contribution >= 0.6 is 0 Å². The van der Waals surface area contributed by atoms with Crippen LogP contribution in [0, 0.1) is 6.92 Å². The van der Waals surface area contributed by atoms with Gasteiger partial charge in [0.2, 0.25) is 11.8 Å². The highest BCUT2D eigenvalue weighted by atomic mass is 16.2. The largest absolute Gasteiger partial charge is 0.376 e. The van der Waals surface area contributed by atoms with Gasteiger partial charge in [-0.05, 0) is 49.1 Å². The fraction of sp³-hybridized carbons (Fsp3) is 0.333. The molecule has 5 heteroatoms. The summed E-state index contributed by atoms with van der Waals surface area (Å²) in [5.74, 6) is -0.108. The lowest BCUT2D eigenvalue weighted by atomic mass is 10.1. The van der Waals surface area contributed by atoms with Crippen LogP contribution in [0.3, 0.4) is 0 Å². The van der Waals surface area contributed by atoms with E-state index in [4.69, 9.17) is 0 Å². The number of carbonyl (C=O) groups is 2. The molecular formula is C21H27N3O2. The van der Waals surface area contributed by atoms with Crippen molar-refractivity contribution in [3.63, 3.8) is 0 Å². The van der Waals surface area contributed by atoms with Crippen LogP contribution in [-0.2, 0) is 16.0 Å². The summed E-state index contributed by atoms with van der Waals surface area (Å²) in [6.45, 7) is 6.18. The Labute approximate surface area is 155 Å². The Morgan fingerprint density at radius 3 is 2.38 bits per heavy atom. The lowest BCUT2D eigenvalue weighted by Crippen LogP contribution is -2.23. The monoisotopic (exact) mass is 353 g/mol. The third-order valence-corrected chi connectivity index (χ3v) is 4.08. The minimum Gasteiger partial charge on any atom is -0.376 e. The van der Waals surface area contributed by atoms with Crippen LogP contribution in [0.2, 0.25) is 0 Å². The van der Waals surface area contributed by atoms with Crippen molar-refractivity contribution >= 4 is 28.9 Å². The molecule has 5 nitrogen and oxygen atoms in total. The van der Waals surface area contributed by atoms with E-state index in [0.717, 1.165) is 41.0 Å². The van der Waals surface area contributed by atoms with E-state index < -0.39 is 0 Å². The first-order valence-corrected chi connectivity index (χ1v) is 9.05. The fourth-order valence-electron chi connectivity index (χ4n) is 2.73. The van der Waals surface area contributed by atoms with Crippen molar-refractivity contribution in [3.8, 4) is 0 Å². The minimum atomic E-state index is -0.102. The summed E-state index contributed by atoms with van der Waals surface area (Å²) < 4.78 is 0. The molecule has 2 rings (SSSR count). The molecule has 138 valence electrons. The third kappa shape index (κ3) is 5.62. The summed E-state index contributed by atoms with van der Waals surface area (Å²) in [6.07, 6.45) is 2.17. The topological polar surface area (TPSA) is 70.2 Å². The summed E-state index contributed by atoms with van der Waals surface area (Å²) in [5, 5.41) is 8.95. The Kier molecular flexibility index (Phi) is 7.21. The molecule has 0 bridgehead atoms. The second-order valence-electron chi connectivity index (χ2n) is 6.24. The molecule has 0 saturated heterocycles. The van der Waals surface area contributed by atoms with Crippen LogP contribution in [0.25, 0.3) is 0 Å². The zero-order chi connectivity index (χ0) is 18.9. The van der Waals surface area contributed by atoms with E-state index in [1.165, 1.54) is 0 Å². The summed E-state index contributed by atoms with van der Waals surface area (Å²) in [5.41, 5.74) is 4.58. The molecule has 0 unspecified atom stereocenters. The highest BCUT2D eigenvalue weighted by molar-refractivity contribution is 5.95. The van der Waals surface area contributed by atoms with Gasteiger partial charge in [0, 0.05) is 23.5 Å². The molecule has 26 heavy (non-hydrogen) atoms. The smallest absolute Gasteiger partial charge is 0.243 e. The van der Waals surface area contributed by atoms with Crippen LogP contribution in [-0.4, -0.2) is 18.4 Å². The lowest BCUT2D eigenvalue weighted by Gasteiger charge is -2.14. The highest BCUT2D eigenvalue weighted by Crippen LogP contribution is 2.21. The maximum absolute atomic E-state index is 12.3. The van der Waals surface area contributed by atoms with Gasteiger partial charge in [-0.25, -0.2) is 0 Å². The molecule has 0 fully saturated rings. The first kappa shape index (κ1) is 19.5. The van der Waals surface area contributed by atoms with Crippen LogP contribution in [0.4, 0.5) is 17.1 Å². The van der Waals surface area contributed by atoms with Crippen LogP contribution in [0.5, 0.6) is 0 Å². The Bertz CT molecular complexity index is 772. The quantitative estimate of drug-likeness (QED) is 0.661. The van der Waals surface area contributed by atoms with Crippen molar-refractivity contribution in [2.75, 3.05) is 22.5 Å². The first-order chi connectivity index (χ1) is 12.5. The first-order valence-electron chi connectivity index (χ1n) is 9.05. The summed E-state index contributed by atoms with van der Waals surface area (Å²) in [6, 6.07) is 13.4. The van der Waals surface area contributed by atoms with E-state index in [-0.39, 0.29) is 18.4 Å². The van der Waals surface area contributed by atoms with Gasteiger partial charge in [0.05, 0.1) is 6.54 Å². The zero-order valence-corrected chi connectivity index (χ0v) is 15.7. The van der Waals surface area contributed by atoms with E-state index in [2.05, 4.69) is 22.9 Å². The zero-order valence-electron chi connectivity index (χ0n) is 15.7. The molecule has 0 atom stereocenters. The molecule has 2 amide bonds. The number of rotatable bonds is 8. The van der Waals surface area contributed by atoms with E-state index in [1.807, 2.05) is 56.3 Å². The Balaban J connectivity index is 1.95. The fourth-order valence-corrected chi connectivity index (χ4v) is 2.73. The SMILES string of the molecule is CCCC(=O)Nc1cccc(NCC(=O)Nc2c(C)cccc2CC)c1. The molecule has 0 aliphatic heterocycles. The second kappa shape index (κ2) is 9.61. The Hall–Kier alpha value is -2.82. The predicted octanol–water partition coefficient (Wildman–Crippen LogP) is 4.35. The van der Waals surface area contributed by atoms with Crippen molar-refractivity contribution in [3.05, 3.63) is 53.6 Å². The molecule has 2 aromatic carbocycles. The molecule has 3 N–H and O–H groups in total. The number of benzene rings is 2. The number of nitrogens with one attached hydrogen (secondary N) is 3. The number of anilines is 3. The molecule has 0 aliphatic carbocycles. The minimum absolute atomic E-state index is 0.00552. The van der Waals surface area contributed by atoms with E-state index >= 15 is 0 Å². The van der Waals surface area contributed by atoms with E-state index in [9.17, 15) is 9.59 Å². The van der Waals surface area contributed by atoms with Gasteiger partial charge in [-0.2, -0.15) is 0 Å². The number of aryl methyl sites for hydroxylation is 2. The Morgan fingerprint density at radius 1 is 0.923 bits per heavy atom. The molecule has 0 heterocycles. The van der Waals surface area contributed by atoms with Gasteiger partial charge in [0.15, 0.2) is 0 Å². The van der Waals surface area contributed by atoms with Gasteiger partial charge < -0.3 is 16.0 Å². The average molecular weight is 353 g/mol. The van der Waals surface area contributed by atoms with Gasteiger partial charge in [0.25, 0.3) is 0 Å². The van der Waals surface area contributed by atoms with E-state index in [1.54, 1.807) is 0 Å². The summed E-state index contributed by atoms with van der Waals surface area (Å²) >= 11 is 0. The molecule has 2 aromatic rings. The standard InChI is InChI=1S/C21H27N3O2/c1-4-8-19(25)23-18-12-7-11-17(13-18)22-14-20(26)24-21-15(3)9-6-10-16(21)5-2/h6-7,9-13,22H,4-5,8,14H2,1-3H3,(H,23,25)(H,24,26). The highest BCUT2D eigenvalue weighted by Gasteiger charge is 2.09. The molecule has 0 spiro atoms. The van der Waals surface area contributed by atoms with Crippen molar-refractivity contribution < 1.29 is 9.59 Å². The third-order valence-electron chi connectivity index (χ3n) is 4.08. The van der Waals surface area contributed by atoms with Crippen LogP contribution in [0.15, 0.2) is 42.5 Å². The van der Waals surface area contributed by atoms with Crippen molar-refractivity contribution in [1.29, 1.82) is 0 Å². The average Bonchev–Trinajstić information content (AvgIpc) is 2.62. The van der Waals surface area contributed by atoms with Gasteiger partial charge in [-0.15, -0.1) is 0 Å². The number of amides is 2.